The van der Waals surface area contributed by atoms with Gasteiger partial charge in [-0.05, 0) is 23.6 Å². The van der Waals surface area contributed by atoms with Crippen LogP contribution in [0.1, 0.15) is 15.4 Å². The van der Waals surface area contributed by atoms with E-state index in [1.165, 1.54) is 16.0 Å². The van der Waals surface area contributed by atoms with Gasteiger partial charge in [-0.25, -0.2) is 0 Å². The SMILES string of the molecule is Nn1cccc1C(=O)c1cccs1. The summed E-state index contributed by atoms with van der Waals surface area (Å²) in [5.41, 5.74) is 0.516. The largest absolute Gasteiger partial charge is 0.339 e. The van der Waals surface area contributed by atoms with E-state index in [-0.39, 0.29) is 5.78 Å². The zero-order valence-corrected chi connectivity index (χ0v) is 7.62. The van der Waals surface area contributed by atoms with Crippen LogP contribution in [0.25, 0.3) is 0 Å². The minimum atomic E-state index is -0.0255. The predicted molar refractivity (Wildman–Crippen MR) is 52.3 cm³/mol. The number of hydrogen-bond acceptors (Lipinski definition) is 3. The molecule has 2 N–H and O–H groups in total. The second-order valence-electron chi connectivity index (χ2n) is 2.61. The maximum absolute atomic E-state index is 11.7. The first-order valence-corrected chi connectivity index (χ1v) is 4.67. The molecule has 2 aromatic heterocycles. The molecule has 0 aromatic carbocycles. The molecule has 2 aromatic rings. The van der Waals surface area contributed by atoms with Crippen molar-refractivity contribution in [1.82, 2.24) is 4.68 Å². The van der Waals surface area contributed by atoms with E-state index in [1.54, 1.807) is 24.4 Å². The lowest BCUT2D eigenvalue weighted by Gasteiger charge is -1.98. The van der Waals surface area contributed by atoms with Crippen molar-refractivity contribution in [3.05, 3.63) is 46.4 Å². The Balaban J connectivity index is 2.39. The number of aromatic nitrogens is 1. The van der Waals surface area contributed by atoms with Crippen LogP contribution >= 0.6 is 11.3 Å². The molecule has 0 atom stereocenters. The second-order valence-corrected chi connectivity index (χ2v) is 3.55. The number of ketones is 1. The highest BCUT2D eigenvalue weighted by molar-refractivity contribution is 7.12. The normalized spacial score (nSPS) is 10.2. The Morgan fingerprint density at radius 2 is 2.23 bits per heavy atom. The van der Waals surface area contributed by atoms with Crippen LogP contribution in [-0.4, -0.2) is 10.5 Å². The highest BCUT2D eigenvalue weighted by atomic mass is 32.1. The predicted octanol–water partition coefficient (Wildman–Crippen LogP) is 1.49. The van der Waals surface area contributed by atoms with Crippen LogP contribution in [0.4, 0.5) is 0 Å². The van der Waals surface area contributed by atoms with Gasteiger partial charge in [0, 0.05) is 6.20 Å². The average molecular weight is 192 g/mol. The molecule has 0 aliphatic rings. The van der Waals surface area contributed by atoms with Gasteiger partial charge in [0.25, 0.3) is 0 Å². The number of nitrogens with two attached hydrogens (primary N) is 1. The lowest BCUT2D eigenvalue weighted by molar-refractivity contribution is 0.103. The van der Waals surface area contributed by atoms with Crippen LogP contribution in [-0.2, 0) is 0 Å². The fourth-order valence-corrected chi connectivity index (χ4v) is 1.79. The van der Waals surface area contributed by atoms with Gasteiger partial charge < -0.3 is 5.84 Å². The standard InChI is InChI=1S/C9H8N2OS/c10-11-5-1-3-7(11)9(12)8-4-2-6-13-8/h1-6H,10H2. The van der Waals surface area contributed by atoms with Gasteiger partial charge in [0.2, 0.25) is 5.78 Å². The van der Waals surface area contributed by atoms with Crippen LogP contribution in [0, 0.1) is 0 Å². The fourth-order valence-electron chi connectivity index (χ4n) is 1.12. The van der Waals surface area contributed by atoms with Crippen LogP contribution < -0.4 is 5.84 Å². The zero-order valence-electron chi connectivity index (χ0n) is 6.81. The number of carbonyl (C=O) groups excluding carboxylic acids is 1. The molecular formula is C9H8N2OS. The number of hydrogen-bond donors (Lipinski definition) is 1. The van der Waals surface area contributed by atoms with Gasteiger partial charge in [0.15, 0.2) is 0 Å². The molecule has 13 heavy (non-hydrogen) atoms. The van der Waals surface area contributed by atoms with E-state index in [0.717, 1.165) is 0 Å². The van der Waals surface area contributed by atoms with E-state index in [0.29, 0.717) is 10.6 Å². The fraction of sp³-hybridized carbons (Fsp3) is 0. The average Bonchev–Trinajstić information content (AvgIpc) is 2.72. The molecule has 4 heteroatoms. The number of thiophene rings is 1. The summed E-state index contributed by atoms with van der Waals surface area (Å²) in [6.45, 7) is 0. The molecule has 2 heterocycles. The minimum absolute atomic E-state index is 0.0255. The van der Waals surface area contributed by atoms with Gasteiger partial charge in [-0.1, -0.05) is 6.07 Å². The summed E-state index contributed by atoms with van der Waals surface area (Å²) in [6, 6.07) is 7.10. The highest BCUT2D eigenvalue weighted by Gasteiger charge is 2.12. The molecule has 3 nitrogen and oxygen atoms in total. The van der Waals surface area contributed by atoms with Crippen LogP contribution in [0.3, 0.4) is 0 Å². The van der Waals surface area contributed by atoms with Gasteiger partial charge in [0.1, 0.15) is 5.69 Å². The van der Waals surface area contributed by atoms with E-state index in [9.17, 15) is 4.79 Å². The molecule has 0 radical (unpaired) electrons. The van der Waals surface area contributed by atoms with Crippen LogP contribution in [0.15, 0.2) is 35.8 Å². The Hall–Kier alpha value is -1.55. The highest BCUT2D eigenvalue weighted by Crippen LogP contribution is 2.14. The van der Waals surface area contributed by atoms with Crippen molar-refractivity contribution in [1.29, 1.82) is 0 Å². The molecule has 0 spiro atoms. The molecule has 0 amide bonds. The molecule has 0 bridgehead atoms. The van der Waals surface area contributed by atoms with Crippen LogP contribution in [0.2, 0.25) is 0 Å². The number of rotatable bonds is 2. The van der Waals surface area contributed by atoms with Gasteiger partial charge in [0.05, 0.1) is 4.88 Å². The summed E-state index contributed by atoms with van der Waals surface area (Å²) < 4.78 is 1.34. The van der Waals surface area contributed by atoms with Gasteiger partial charge >= 0.3 is 0 Å². The van der Waals surface area contributed by atoms with Crippen molar-refractivity contribution in [2.24, 2.45) is 0 Å². The third-order valence-corrected chi connectivity index (χ3v) is 2.63. The molecule has 0 saturated heterocycles. The Kier molecular flexibility index (Phi) is 1.90. The first-order chi connectivity index (χ1) is 6.29. The van der Waals surface area contributed by atoms with Crippen LogP contribution in [0.5, 0.6) is 0 Å². The Morgan fingerprint density at radius 3 is 2.77 bits per heavy atom. The minimum Gasteiger partial charge on any atom is -0.339 e. The number of nitrogen functional groups attached to an aromatic ring is 1. The summed E-state index contributed by atoms with van der Waals surface area (Å²) in [5.74, 6) is 5.52. The molecular weight excluding hydrogens is 184 g/mol. The molecule has 66 valence electrons. The lowest BCUT2D eigenvalue weighted by Crippen LogP contribution is -2.14. The molecule has 0 saturated carbocycles. The summed E-state index contributed by atoms with van der Waals surface area (Å²) in [4.78, 5) is 12.4. The van der Waals surface area contributed by atoms with Crippen molar-refractivity contribution >= 4 is 17.1 Å². The first-order valence-electron chi connectivity index (χ1n) is 3.79. The zero-order chi connectivity index (χ0) is 9.26. The molecule has 0 unspecified atom stereocenters. The number of carbonyl (C=O) groups is 1. The topological polar surface area (TPSA) is 48.0 Å². The Bertz CT molecular complexity index is 417. The molecule has 0 fully saturated rings. The number of nitrogens with zero attached hydrogens (tertiary/aromatic N) is 1. The molecule has 2 rings (SSSR count). The summed E-state index contributed by atoms with van der Waals surface area (Å²) in [5, 5.41) is 1.87. The maximum atomic E-state index is 11.7. The van der Waals surface area contributed by atoms with Crippen molar-refractivity contribution in [3.63, 3.8) is 0 Å². The smallest absolute Gasteiger partial charge is 0.221 e. The van der Waals surface area contributed by atoms with Crippen molar-refractivity contribution < 1.29 is 4.79 Å². The quantitative estimate of drug-likeness (QED) is 0.579. The van der Waals surface area contributed by atoms with Crippen molar-refractivity contribution in [2.45, 2.75) is 0 Å². The van der Waals surface area contributed by atoms with Gasteiger partial charge in [-0.3, -0.25) is 9.47 Å². The maximum Gasteiger partial charge on any atom is 0.221 e. The summed E-state index contributed by atoms with van der Waals surface area (Å²) >= 11 is 1.42. The van der Waals surface area contributed by atoms with E-state index in [1.807, 2.05) is 11.4 Å². The Morgan fingerprint density at radius 1 is 1.38 bits per heavy atom. The monoisotopic (exact) mass is 192 g/mol. The summed E-state index contributed by atoms with van der Waals surface area (Å²) in [6.07, 6.45) is 1.65. The third kappa shape index (κ3) is 1.36. The third-order valence-electron chi connectivity index (χ3n) is 1.76. The van der Waals surface area contributed by atoms with E-state index < -0.39 is 0 Å². The lowest BCUT2D eigenvalue weighted by atomic mass is 10.2. The first kappa shape index (κ1) is 8.07. The van der Waals surface area contributed by atoms with Crippen molar-refractivity contribution in [3.8, 4) is 0 Å². The molecule has 0 aliphatic heterocycles. The van der Waals surface area contributed by atoms with E-state index >= 15 is 0 Å². The molecule has 0 aliphatic carbocycles. The summed E-state index contributed by atoms with van der Waals surface area (Å²) in [7, 11) is 0. The van der Waals surface area contributed by atoms with Gasteiger partial charge in [-0.15, -0.1) is 11.3 Å². The second kappa shape index (κ2) is 3.06. The van der Waals surface area contributed by atoms with Gasteiger partial charge in [-0.2, -0.15) is 0 Å². The Labute approximate surface area is 79.4 Å². The van der Waals surface area contributed by atoms with E-state index in [2.05, 4.69) is 0 Å². The van der Waals surface area contributed by atoms with Crippen molar-refractivity contribution in [2.75, 3.05) is 5.84 Å². The van der Waals surface area contributed by atoms with E-state index in [4.69, 9.17) is 5.84 Å².